The molecule has 12 atom stereocenters. The standard InChI is InChI=1S/C33H47F4NO6S/c1-5-21-28-29(34)25(39)15-17-32(28,4)24-14-16-31(3)22(11-12-23(31)27(24)30(21)41)18(2)6-13-26(40)38-45(42,43)20-9-7-19(8-10-20)44-33(35,36)37/h7-10,18,21-25,27-30,39,41H,5-6,11-17H2,1-4H3,(H,38,40)/t18-,21-,22-,23-,24+,25-,27+,28-,29+,30-,31-,32-/m1/s1. The van der Waals surface area contributed by atoms with Crippen LogP contribution in [0.25, 0.3) is 0 Å². The van der Waals surface area contributed by atoms with Gasteiger partial charge < -0.3 is 14.9 Å². The van der Waals surface area contributed by atoms with Crippen LogP contribution < -0.4 is 9.46 Å². The molecule has 254 valence electrons. The molecule has 3 N–H and O–H groups in total. The lowest BCUT2D eigenvalue weighted by molar-refractivity contribution is -0.274. The monoisotopic (exact) mass is 661 g/mol. The number of ether oxygens (including phenoxy) is 1. The molecule has 1 aromatic rings. The number of aliphatic hydroxyl groups excluding tert-OH is 2. The van der Waals surface area contributed by atoms with Gasteiger partial charge in [-0.15, -0.1) is 13.2 Å². The van der Waals surface area contributed by atoms with Gasteiger partial charge in [-0.05, 0) is 116 Å². The van der Waals surface area contributed by atoms with Crippen molar-refractivity contribution in [3.05, 3.63) is 24.3 Å². The summed E-state index contributed by atoms with van der Waals surface area (Å²) in [6, 6.07) is 3.65. The van der Waals surface area contributed by atoms with Gasteiger partial charge in [0.1, 0.15) is 11.9 Å². The average molecular weight is 662 g/mol. The van der Waals surface area contributed by atoms with E-state index in [9.17, 15) is 36.6 Å². The number of hydrogen-bond acceptors (Lipinski definition) is 6. The first-order valence-electron chi connectivity index (χ1n) is 16.3. The lowest BCUT2D eigenvalue weighted by Crippen LogP contribution is -2.65. The van der Waals surface area contributed by atoms with Gasteiger partial charge in [0.25, 0.3) is 10.0 Å². The summed E-state index contributed by atoms with van der Waals surface area (Å²) in [5.74, 6) is -0.948. The van der Waals surface area contributed by atoms with Crippen LogP contribution in [0.5, 0.6) is 5.75 Å². The molecule has 7 nitrogen and oxygen atoms in total. The Balaban J connectivity index is 1.23. The number of alkyl halides is 4. The Morgan fingerprint density at radius 3 is 2.29 bits per heavy atom. The lowest BCUT2D eigenvalue weighted by Gasteiger charge is -2.65. The molecule has 0 saturated heterocycles. The molecule has 5 rings (SSSR count). The van der Waals surface area contributed by atoms with Crippen molar-refractivity contribution in [3.63, 3.8) is 0 Å². The second-order valence-corrected chi connectivity index (χ2v) is 16.4. The van der Waals surface area contributed by atoms with Crippen molar-refractivity contribution in [1.82, 2.24) is 4.72 Å². The van der Waals surface area contributed by atoms with E-state index in [1.165, 1.54) is 0 Å². The second-order valence-electron chi connectivity index (χ2n) is 14.7. The number of aliphatic hydroxyl groups is 2. The molecule has 4 saturated carbocycles. The van der Waals surface area contributed by atoms with E-state index >= 15 is 4.39 Å². The summed E-state index contributed by atoms with van der Waals surface area (Å²) < 4.78 is 84.0. The number of sulfonamides is 1. The molecule has 0 bridgehead atoms. The number of nitrogens with one attached hydrogen (secondary N) is 1. The predicted molar refractivity (Wildman–Crippen MR) is 159 cm³/mol. The normalized spacial score (nSPS) is 40.5. The predicted octanol–water partition coefficient (Wildman–Crippen LogP) is 6.38. The van der Waals surface area contributed by atoms with Crippen LogP contribution in [-0.2, 0) is 14.8 Å². The molecule has 0 aromatic heterocycles. The fraction of sp³-hybridized carbons (Fsp3) is 0.788. The number of benzene rings is 1. The number of carbonyl (C=O) groups is 1. The van der Waals surface area contributed by atoms with E-state index in [-0.39, 0.29) is 63.6 Å². The largest absolute Gasteiger partial charge is 0.573 e. The molecule has 0 aliphatic heterocycles. The molecule has 0 radical (unpaired) electrons. The van der Waals surface area contributed by atoms with Crippen molar-refractivity contribution in [2.24, 2.45) is 52.3 Å². The molecule has 0 unspecified atom stereocenters. The van der Waals surface area contributed by atoms with Crippen LogP contribution in [0.3, 0.4) is 0 Å². The highest BCUT2D eigenvalue weighted by Gasteiger charge is 2.66. The fourth-order valence-electron chi connectivity index (χ4n) is 10.6. The summed E-state index contributed by atoms with van der Waals surface area (Å²) in [5, 5.41) is 22.2. The Hall–Kier alpha value is -1.92. The summed E-state index contributed by atoms with van der Waals surface area (Å²) in [5.41, 5.74) is -0.349. The molecule has 4 fully saturated rings. The van der Waals surface area contributed by atoms with Gasteiger partial charge in [-0.25, -0.2) is 17.5 Å². The maximum absolute atomic E-state index is 15.6. The van der Waals surface area contributed by atoms with Gasteiger partial charge >= 0.3 is 6.36 Å². The number of amides is 1. The van der Waals surface area contributed by atoms with Crippen molar-refractivity contribution in [1.29, 1.82) is 0 Å². The van der Waals surface area contributed by atoms with Crippen molar-refractivity contribution in [2.75, 3.05) is 0 Å². The average Bonchev–Trinajstić information content (AvgIpc) is 3.31. The lowest BCUT2D eigenvalue weighted by atomic mass is 9.41. The second kappa shape index (κ2) is 12.3. The smallest absolute Gasteiger partial charge is 0.406 e. The Bertz CT molecular complexity index is 1340. The minimum Gasteiger partial charge on any atom is -0.406 e. The van der Waals surface area contributed by atoms with Crippen LogP contribution in [0.15, 0.2) is 29.2 Å². The van der Waals surface area contributed by atoms with Gasteiger partial charge in [-0.2, -0.15) is 0 Å². The van der Waals surface area contributed by atoms with Gasteiger partial charge in [0, 0.05) is 12.3 Å². The first-order valence-corrected chi connectivity index (χ1v) is 17.8. The van der Waals surface area contributed by atoms with Crippen LogP contribution in [0.2, 0.25) is 0 Å². The Kier molecular flexibility index (Phi) is 9.38. The van der Waals surface area contributed by atoms with E-state index in [2.05, 4.69) is 25.5 Å². The van der Waals surface area contributed by atoms with Crippen LogP contribution >= 0.6 is 0 Å². The van der Waals surface area contributed by atoms with E-state index < -0.39 is 46.4 Å². The van der Waals surface area contributed by atoms with Crippen molar-refractivity contribution in [2.45, 2.75) is 115 Å². The van der Waals surface area contributed by atoms with Crippen molar-refractivity contribution < 1.29 is 45.7 Å². The van der Waals surface area contributed by atoms with E-state index in [0.29, 0.717) is 19.3 Å². The van der Waals surface area contributed by atoms with Gasteiger partial charge in [0.15, 0.2) is 0 Å². The minimum atomic E-state index is -4.91. The van der Waals surface area contributed by atoms with E-state index in [1.807, 2.05) is 11.6 Å². The molecule has 0 heterocycles. The molecule has 1 aromatic carbocycles. The topological polar surface area (TPSA) is 113 Å². The first kappa shape index (κ1) is 34.4. The van der Waals surface area contributed by atoms with E-state index in [4.69, 9.17) is 0 Å². The molecular weight excluding hydrogens is 614 g/mol. The molecule has 4 aliphatic rings. The zero-order chi connectivity index (χ0) is 33.1. The Labute approximate surface area is 263 Å². The van der Waals surface area contributed by atoms with Gasteiger partial charge in [-0.3, -0.25) is 4.79 Å². The Morgan fingerprint density at radius 1 is 1.04 bits per heavy atom. The number of halogens is 4. The van der Waals surface area contributed by atoms with Gasteiger partial charge in [0.05, 0.1) is 17.1 Å². The third kappa shape index (κ3) is 6.24. The first-order chi connectivity index (χ1) is 20.9. The maximum atomic E-state index is 15.6. The summed E-state index contributed by atoms with van der Waals surface area (Å²) >= 11 is 0. The van der Waals surface area contributed by atoms with E-state index in [0.717, 1.165) is 56.4 Å². The zero-order valence-electron chi connectivity index (χ0n) is 26.4. The summed E-state index contributed by atoms with van der Waals surface area (Å²) in [6.07, 6.45) is -1.85. The molecule has 4 aliphatic carbocycles. The summed E-state index contributed by atoms with van der Waals surface area (Å²) in [4.78, 5) is 12.4. The number of carbonyl (C=O) groups excluding carboxylic acids is 1. The quantitative estimate of drug-likeness (QED) is 0.279. The van der Waals surface area contributed by atoms with Gasteiger partial charge in [-0.1, -0.05) is 34.1 Å². The fourth-order valence-corrected chi connectivity index (χ4v) is 11.6. The summed E-state index contributed by atoms with van der Waals surface area (Å²) in [6.45, 7) is 8.58. The van der Waals surface area contributed by atoms with Gasteiger partial charge in [0.2, 0.25) is 5.91 Å². The molecule has 45 heavy (non-hydrogen) atoms. The van der Waals surface area contributed by atoms with Crippen LogP contribution in [-0.4, -0.2) is 49.3 Å². The zero-order valence-corrected chi connectivity index (χ0v) is 27.2. The van der Waals surface area contributed by atoms with Crippen LogP contribution in [0.1, 0.15) is 85.5 Å². The molecular formula is C33H47F4NO6S. The molecule has 0 spiro atoms. The van der Waals surface area contributed by atoms with Crippen LogP contribution in [0, 0.1) is 52.3 Å². The number of hydrogen-bond donors (Lipinski definition) is 3. The van der Waals surface area contributed by atoms with Crippen molar-refractivity contribution in [3.8, 4) is 5.75 Å². The summed E-state index contributed by atoms with van der Waals surface area (Å²) in [7, 11) is -4.27. The van der Waals surface area contributed by atoms with Crippen LogP contribution in [0.4, 0.5) is 17.6 Å². The molecule has 1 amide bonds. The van der Waals surface area contributed by atoms with E-state index in [1.54, 1.807) is 0 Å². The maximum Gasteiger partial charge on any atom is 0.573 e. The Morgan fingerprint density at radius 2 is 1.67 bits per heavy atom. The third-order valence-electron chi connectivity index (χ3n) is 12.6. The minimum absolute atomic E-state index is 0.0283. The highest BCUT2D eigenvalue weighted by Crippen LogP contribution is 2.69. The third-order valence-corrected chi connectivity index (χ3v) is 14.0. The number of rotatable bonds is 8. The highest BCUT2D eigenvalue weighted by atomic mass is 32.2. The molecule has 12 heteroatoms. The SMILES string of the molecule is CC[C@H]1[C@@H](O)[C@H]2[C@H]3CC[C@H]([C@H](C)CCC(=O)NS(=O)(=O)c4ccc(OC(F)(F)F)cc4)[C@@]3(C)CC[C@@H]2[C@@]2(C)CC[C@@H](O)[C@H](F)[C@@H]12. The number of fused-ring (bicyclic) bond motifs is 5. The highest BCUT2D eigenvalue weighted by molar-refractivity contribution is 7.90. The van der Waals surface area contributed by atoms with Crippen molar-refractivity contribution >= 4 is 15.9 Å².